The topological polar surface area (TPSA) is 30.7 Å². The Bertz CT molecular complexity index is 696. The molecule has 2 heterocycles. The Morgan fingerprint density at radius 2 is 2.05 bits per heavy atom. The number of hydrogen-bond acceptors (Lipinski definition) is 2. The molecule has 3 fully saturated rings. The van der Waals surface area contributed by atoms with Gasteiger partial charge in [0.25, 0.3) is 0 Å². The zero-order chi connectivity index (χ0) is 13.4. The molecule has 2 aromatic rings. The van der Waals surface area contributed by atoms with Gasteiger partial charge in [-0.1, -0.05) is 0 Å². The molecule has 3 aliphatic rings. The van der Waals surface area contributed by atoms with Gasteiger partial charge in [-0.15, -0.1) is 11.6 Å². The summed E-state index contributed by atoms with van der Waals surface area (Å²) in [6, 6.07) is 2.66. The number of aromatic nitrogens is 3. The summed E-state index contributed by atoms with van der Waals surface area (Å²) < 4.78 is 3.33. The van der Waals surface area contributed by atoms with Crippen LogP contribution in [-0.2, 0) is 5.88 Å². The Hall–Kier alpha value is -0.610. The molecular formula is C15H15BrClN3. The highest BCUT2D eigenvalue weighted by Gasteiger charge is 2.66. The molecule has 3 saturated carbocycles. The highest BCUT2D eigenvalue weighted by Crippen LogP contribution is 2.71. The third-order valence-electron chi connectivity index (χ3n) is 5.68. The predicted octanol–water partition coefficient (Wildman–Crippen LogP) is 4.15. The van der Waals surface area contributed by atoms with Gasteiger partial charge in [-0.3, -0.25) is 0 Å². The number of hydrogen-bond donors (Lipinski definition) is 0. The fraction of sp³-hybridized carbons (Fsp3) is 0.600. The van der Waals surface area contributed by atoms with Gasteiger partial charge in [0, 0.05) is 16.7 Å². The molecule has 0 radical (unpaired) electrons. The number of imidazole rings is 1. The number of fused-ring (bicyclic) bond motifs is 6. The summed E-state index contributed by atoms with van der Waals surface area (Å²) in [6.07, 6.45) is 6.20. The smallest absolute Gasteiger partial charge is 0.160 e. The third-order valence-corrected chi connectivity index (χ3v) is 6.35. The summed E-state index contributed by atoms with van der Waals surface area (Å²) in [6.45, 7) is 0. The average molecular weight is 353 g/mol. The quantitative estimate of drug-likeness (QED) is 0.760. The van der Waals surface area contributed by atoms with Crippen molar-refractivity contribution in [2.24, 2.45) is 23.7 Å². The molecule has 0 amide bonds. The molecule has 104 valence electrons. The lowest BCUT2D eigenvalue weighted by molar-refractivity contribution is 0.453. The first kappa shape index (κ1) is 12.0. The van der Waals surface area contributed by atoms with Crippen LogP contribution in [0.5, 0.6) is 0 Å². The first-order valence-electron chi connectivity index (χ1n) is 7.36. The highest BCUT2D eigenvalue weighted by atomic mass is 79.9. The molecule has 0 aromatic carbocycles. The zero-order valence-corrected chi connectivity index (χ0v) is 13.3. The molecular weight excluding hydrogens is 338 g/mol. The van der Waals surface area contributed by atoms with Crippen LogP contribution in [0.2, 0.25) is 0 Å². The largest absolute Gasteiger partial charge is 0.308 e. The minimum Gasteiger partial charge on any atom is -0.308 e. The van der Waals surface area contributed by atoms with Crippen LogP contribution in [-0.4, -0.2) is 14.5 Å². The maximum Gasteiger partial charge on any atom is 0.160 e. The molecule has 4 unspecified atom stereocenters. The average Bonchev–Trinajstić information content (AvgIpc) is 2.80. The second kappa shape index (κ2) is 3.98. The zero-order valence-electron chi connectivity index (χ0n) is 11.0. The van der Waals surface area contributed by atoms with Crippen LogP contribution in [0.1, 0.15) is 31.1 Å². The van der Waals surface area contributed by atoms with Gasteiger partial charge < -0.3 is 4.57 Å². The molecule has 5 rings (SSSR count). The third kappa shape index (κ3) is 1.42. The Kier molecular flexibility index (Phi) is 2.38. The van der Waals surface area contributed by atoms with Crippen LogP contribution >= 0.6 is 27.5 Å². The molecule has 2 bridgehead atoms. The van der Waals surface area contributed by atoms with Crippen molar-refractivity contribution in [1.29, 1.82) is 0 Å². The molecule has 20 heavy (non-hydrogen) atoms. The van der Waals surface area contributed by atoms with Crippen molar-refractivity contribution in [2.75, 3.05) is 0 Å². The number of rotatable bonds is 2. The van der Waals surface area contributed by atoms with Crippen molar-refractivity contribution in [3.8, 4) is 0 Å². The van der Waals surface area contributed by atoms with Gasteiger partial charge in [0.1, 0.15) is 11.3 Å². The van der Waals surface area contributed by atoms with Crippen LogP contribution in [0.15, 0.2) is 16.7 Å². The SMILES string of the molecule is ClCc1nc2cc(Br)cnc2n1C1C2C3CCC(C3)C21. The van der Waals surface area contributed by atoms with Crippen molar-refractivity contribution in [2.45, 2.75) is 31.2 Å². The van der Waals surface area contributed by atoms with Crippen molar-refractivity contribution >= 4 is 38.7 Å². The monoisotopic (exact) mass is 351 g/mol. The molecule has 5 heteroatoms. The van der Waals surface area contributed by atoms with Gasteiger partial charge in [0.05, 0.1) is 5.88 Å². The van der Waals surface area contributed by atoms with E-state index >= 15 is 0 Å². The number of pyridine rings is 1. The Balaban J connectivity index is 1.65. The lowest BCUT2D eigenvalue weighted by Gasteiger charge is -2.12. The van der Waals surface area contributed by atoms with Crippen LogP contribution in [0.4, 0.5) is 0 Å². The summed E-state index contributed by atoms with van der Waals surface area (Å²) >= 11 is 9.61. The van der Waals surface area contributed by atoms with Gasteiger partial charge in [0.15, 0.2) is 5.65 Å². The number of alkyl halides is 1. The summed E-state index contributed by atoms with van der Waals surface area (Å²) in [5, 5.41) is 0. The van der Waals surface area contributed by atoms with E-state index in [0.29, 0.717) is 11.9 Å². The van der Waals surface area contributed by atoms with E-state index < -0.39 is 0 Å². The second-order valence-electron chi connectivity index (χ2n) is 6.51. The van der Waals surface area contributed by atoms with Gasteiger partial charge in [-0.05, 0) is 64.9 Å². The maximum absolute atomic E-state index is 6.14. The molecule has 0 saturated heterocycles. The Morgan fingerprint density at radius 3 is 2.75 bits per heavy atom. The van der Waals surface area contributed by atoms with E-state index in [1.165, 1.54) is 19.3 Å². The van der Waals surface area contributed by atoms with E-state index in [-0.39, 0.29) is 0 Å². The molecule has 3 aliphatic carbocycles. The van der Waals surface area contributed by atoms with Crippen LogP contribution in [0.25, 0.3) is 11.2 Å². The first-order valence-corrected chi connectivity index (χ1v) is 8.69. The predicted molar refractivity (Wildman–Crippen MR) is 81.6 cm³/mol. The second-order valence-corrected chi connectivity index (χ2v) is 7.69. The molecule has 0 N–H and O–H groups in total. The van der Waals surface area contributed by atoms with Crippen molar-refractivity contribution in [1.82, 2.24) is 14.5 Å². The van der Waals surface area contributed by atoms with Crippen LogP contribution in [0.3, 0.4) is 0 Å². The minimum atomic E-state index is 0.471. The molecule has 0 aliphatic heterocycles. The van der Waals surface area contributed by atoms with E-state index in [1.54, 1.807) is 0 Å². The lowest BCUT2D eigenvalue weighted by atomic mass is 10.0. The van der Waals surface area contributed by atoms with Crippen molar-refractivity contribution < 1.29 is 0 Å². The van der Waals surface area contributed by atoms with E-state index in [2.05, 4.69) is 30.5 Å². The summed E-state index contributed by atoms with van der Waals surface area (Å²) in [7, 11) is 0. The lowest BCUT2D eigenvalue weighted by Crippen LogP contribution is -2.08. The first-order chi connectivity index (χ1) is 9.78. The van der Waals surface area contributed by atoms with E-state index in [0.717, 1.165) is 45.1 Å². The molecule has 0 spiro atoms. The number of halogens is 2. The van der Waals surface area contributed by atoms with Crippen LogP contribution < -0.4 is 0 Å². The van der Waals surface area contributed by atoms with Crippen molar-refractivity contribution in [3.63, 3.8) is 0 Å². The fourth-order valence-electron chi connectivity index (χ4n) is 5.04. The summed E-state index contributed by atoms with van der Waals surface area (Å²) in [4.78, 5) is 9.29. The Labute approximate surface area is 130 Å². The van der Waals surface area contributed by atoms with Gasteiger partial charge in [-0.25, -0.2) is 9.97 Å². The van der Waals surface area contributed by atoms with Gasteiger partial charge in [0.2, 0.25) is 0 Å². The minimum absolute atomic E-state index is 0.471. The molecule has 4 atom stereocenters. The van der Waals surface area contributed by atoms with E-state index in [1.807, 2.05) is 12.3 Å². The maximum atomic E-state index is 6.14. The Morgan fingerprint density at radius 1 is 1.30 bits per heavy atom. The molecule has 2 aromatic heterocycles. The van der Waals surface area contributed by atoms with Gasteiger partial charge >= 0.3 is 0 Å². The summed E-state index contributed by atoms with van der Waals surface area (Å²) in [5.41, 5.74) is 1.98. The fourth-order valence-corrected chi connectivity index (χ4v) is 5.54. The summed E-state index contributed by atoms with van der Waals surface area (Å²) in [5.74, 6) is 5.11. The van der Waals surface area contributed by atoms with Crippen molar-refractivity contribution in [3.05, 3.63) is 22.6 Å². The standard InChI is InChI=1S/C15H15BrClN3/c16-9-4-10-15(18-6-9)20(11(5-17)19-10)14-12-7-1-2-8(3-7)13(12)14/h4,6-8,12-14H,1-3,5H2. The number of nitrogens with zero attached hydrogens (tertiary/aromatic N) is 3. The van der Waals surface area contributed by atoms with E-state index in [4.69, 9.17) is 11.6 Å². The van der Waals surface area contributed by atoms with Gasteiger partial charge in [-0.2, -0.15) is 0 Å². The van der Waals surface area contributed by atoms with E-state index in [9.17, 15) is 0 Å². The highest BCUT2D eigenvalue weighted by molar-refractivity contribution is 9.10. The van der Waals surface area contributed by atoms with Crippen LogP contribution in [0, 0.1) is 23.7 Å². The molecule has 3 nitrogen and oxygen atoms in total. The normalized spacial score (nSPS) is 37.6.